The lowest BCUT2D eigenvalue weighted by molar-refractivity contribution is -0.123. The van der Waals surface area contributed by atoms with Crippen molar-refractivity contribution in [3.8, 4) is 5.75 Å². The van der Waals surface area contributed by atoms with Crippen molar-refractivity contribution in [1.29, 1.82) is 0 Å². The standard InChI is InChI=1S/C21H24ClN3O2/c22-19-7-2-1-4-16(19)15-27-18-6-3-5-17(14-18)24-10-12-25(13-11-24)20-8-9-23-21(20)26/h1-7,14,20H,8-13,15H2,(H,23,26)/t20-/m0/s1. The first-order valence-electron chi connectivity index (χ1n) is 9.44. The first-order valence-corrected chi connectivity index (χ1v) is 9.81. The van der Waals surface area contributed by atoms with Crippen molar-refractivity contribution in [2.75, 3.05) is 37.6 Å². The van der Waals surface area contributed by atoms with Gasteiger partial charge in [-0.15, -0.1) is 0 Å². The highest BCUT2D eigenvalue weighted by atomic mass is 35.5. The number of amides is 1. The molecule has 4 rings (SSSR count). The van der Waals surface area contributed by atoms with Crippen LogP contribution in [0.5, 0.6) is 5.75 Å². The Morgan fingerprint density at radius 2 is 1.89 bits per heavy atom. The van der Waals surface area contributed by atoms with Gasteiger partial charge in [0.15, 0.2) is 0 Å². The molecule has 0 spiro atoms. The van der Waals surface area contributed by atoms with Crippen molar-refractivity contribution in [1.82, 2.24) is 10.2 Å². The monoisotopic (exact) mass is 385 g/mol. The van der Waals surface area contributed by atoms with Crippen molar-refractivity contribution >= 4 is 23.2 Å². The lowest BCUT2D eigenvalue weighted by Crippen LogP contribution is -2.52. The normalized spacial score (nSPS) is 20.6. The van der Waals surface area contributed by atoms with Gasteiger partial charge >= 0.3 is 0 Å². The number of nitrogens with one attached hydrogen (secondary N) is 1. The fraction of sp³-hybridized carbons (Fsp3) is 0.381. The predicted octanol–water partition coefficient (Wildman–Crippen LogP) is 2.93. The number of carbonyl (C=O) groups excluding carboxylic acids is 1. The smallest absolute Gasteiger partial charge is 0.237 e. The highest BCUT2D eigenvalue weighted by Gasteiger charge is 2.32. The van der Waals surface area contributed by atoms with Gasteiger partial charge in [-0.25, -0.2) is 0 Å². The second-order valence-corrected chi connectivity index (χ2v) is 7.40. The molecule has 5 nitrogen and oxygen atoms in total. The number of carbonyl (C=O) groups is 1. The van der Waals surface area contributed by atoms with Crippen LogP contribution in [0, 0.1) is 0 Å². The quantitative estimate of drug-likeness (QED) is 0.859. The van der Waals surface area contributed by atoms with E-state index < -0.39 is 0 Å². The molecular weight excluding hydrogens is 362 g/mol. The van der Waals surface area contributed by atoms with E-state index in [1.54, 1.807) is 0 Å². The Kier molecular flexibility index (Phi) is 5.50. The molecule has 2 saturated heterocycles. The molecule has 0 saturated carbocycles. The fourth-order valence-corrected chi connectivity index (χ4v) is 3.96. The summed E-state index contributed by atoms with van der Waals surface area (Å²) in [6.45, 7) is 4.89. The van der Waals surface area contributed by atoms with E-state index >= 15 is 0 Å². The third-order valence-electron chi connectivity index (χ3n) is 5.31. The predicted molar refractivity (Wildman–Crippen MR) is 107 cm³/mol. The Bertz CT molecular complexity index is 806. The summed E-state index contributed by atoms with van der Waals surface area (Å²) in [6.07, 6.45) is 0.921. The summed E-state index contributed by atoms with van der Waals surface area (Å²) >= 11 is 6.20. The number of benzene rings is 2. The van der Waals surface area contributed by atoms with E-state index in [1.165, 1.54) is 0 Å². The summed E-state index contributed by atoms with van der Waals surface area (Å²) in [7, 11) is 0. The highest BCUT2D eigenvalue weighted by Crippen LogP contribution is 2.25. The van der Waals surface area contributed by atoms with Crippen molar-refractivity contribution < 1.29 is 9.53 Å². The highest BCUT2D eigenvalue weighted by molar-refractivity contribution is 6.31. The van der Waals surface area contributed by atoms with Crippen molar-refractivity contribution in [3.63, 3.8) is 0 Å². The maximum atomic E-state index is 11.9. The number of nitrogens with zero attached hydrogens (tertiary/aromatic N) is 2. The van der Waals surface area contributed by atoms with Crippen LogP contribution < -0.4 is 15.0 Å². The van der Waals surface area contributed by atoms with Gasteiger partial charge in [-0.1, -0.05) is 35.9 Å². The van der Waals surface area contributed by atoms with Gasteiger partial charge in [-0.2, -0.15) is 0 Å². The second kappa shape index (κ2) is 8.19. The molecule has 1 N–H and O–H groups in total. The minimum Gasteiger partial charge on any atom is -0.489 e. The van der Waals surface area contributed by atoms with E-state index in [4.69, 9.17) is 16.3 Å². The molecule has 142 valence electrons. The molecule has 2 aromatic carbocycles. The minimum atomic E-state index is 0.0532. The molecule has 2 aliphatic heterocycles. The fourth-order valence-electron chi connectivity index (χ4n) is 3.77. The van der Waals surface area contributed by atoms with Gasteiger partial charge in [-0.3, -0.25) is 9.69 Å². The van der Waals surface area contributed by atoms with Crippen molar-refractivity contribution in [2.45, 2.75) is 19.1 Å². The summed E-state index contributed by atoms with van der Waals surface area (Å²) in [5, 5.41) is 3.65. The SMILES string of the molecule is O=C1NCC[C@@H]1N1CCN(c2cccc(OCc3ccccc3Cl)c2)CC1. The van der Waals surface area contributed by atoms with Gasteiger partial charge in [0.25, 0.3) is 0 Å². The van der Waals surface area contributed by atoms with Crippen molar-refractivity contribution in [2.24, 2.45) is 0 Å². The summed E-state index contributed by atoms with van der Waals surface area (Å²) in [5.74, 6) is 1.02. The topological polar surface area (TPSA) is 44.8 Å². The number of piperazine rings is 1. The van der Waals surface area contributed by atoms with Crippen LogP contribution in [0.4, 0.5) is 5.69 Å². The average Bonchev–Trinajstić information content (AvgIpc) is 3.14. The first-order chi connectivity index (χ1) is 13.2. The maximum absolute atomic E-state index is 11.9. The van der Waals surface area contributed by atoms with Gasteiger partial charge in [0.05, 0.1) is 6.04 Å². The van der Waals surface area contributed by atoms with E-state index in [-0.39, 0.29) is 11.9 Å². The molecule has 27 heavy (non-hydrogen) atoms. The number of hydrogen-bond donors (Lipinski definition) is 1. The number of ether oxygens (including phenoxy) is 1. The van der Waals surface area contributed by atoms with Crippen LogP contribution in [-0.4, -0.2) is 49.6 Å². The summed E-state index contributed by atoms with van der Waals surface area (Å²) < 4.78 is 5.95. The Balaban J connectivity index is 1.35. The average molecular weight is 386 g/mol. The third kappa shape index (κ3) is 4.20. The van der Waals surface area contributed by atoms with Gasteiger partial charge in [0.2, 0.25) is 5.91 Å². The number of rotatable bonds is 5. The number of anilines is 1. The van der Waals surface area contributed by atoms with Crippen LogP contribution in [0.3, 0.4) is 0 Å². The Labute approximate surface area is 164 Å². The van der Waals surface area contributed by atoms with Gasteiger partial charge in [0.1, 0.15) is 12.4 Å². The van der Waals surface area contributed by atoms with Gasteiger partial charge in [-0.05, 0) is 24.6 Å². The maximum Gasteiger partial charge on any atom is 0.237 e. The molecule has 2 aliphatic rings. The van der Waals surface area contributed by atoms with Gasteiger partial charge < -0.3 is 15.0 Å². The Morgan fingerprint density at radius 3 is 2.63 bits per heavy atom. The zero-order valence-electron chi connectivity index (χ0n) is 15.2. The molecule has 0 radical (unpaired) electrons. The Hall–Kier alpha value is -2.24. The summed E-state index contributed by atoms with van der Waals surface area (Å²) in [6, 6.07) is 16.0. The van der Waals surface area contributed by atoms with E-state index in [0.717, 1.165) is 61.2 Å². The molecule has 1 atom stereocenters. The number of halogens is 1. The molecule has 2 heterocycles. The van der Waals surface area contributed by atoms with Crippen LogP contribution >= 0.6 is 11.6 Å². The Morgan fingerprint density at radius 1 is 1.07 bits per heavy atom. The molecule has 2 fully saturated rings. The van der Waals surface area contributed by atoms with Crippen LogP contribution in [-0.2, 0) is 11.4 Å². The van der Waals surface area contributed by atoms with Gasteiger partial charge in [0, 0.05) is 55.1 Å². The molecular formula is C21H24ClN3O2. The van der Waals surface area contributed by atoms with Crippen LogP contribution in [0.2, 0.25) is 5.02 Å². The lowest BCUT2D eigenvalue weighted by atomic mass is 10.1. The number of hydrogen-bond acceptors (Lipinski definition) is 4. The van der Waals surface area contributed by atoms with Crippen LogP contribution in [0.1, 0.15) is 12.0 Å². The molecule has 1 amide bonds. The zero-order valence-corrected chi connectivity index (χ0v) is 16.0. The van der Waals surface area contributed by atoms with E-state index in [1.807, 2.05) is 36.4 Å². The molecule has 0 bridgehead atoms. The largest absolute Gasteiger partial charge is 0.489 e. The molecule has 6 heteroatoms. The summed E-state index contributed by atoms with van der Waals surface area (Å²) in [5.41, 5.74) is 2.13. The van der Waals surface area contributed by atoms with Crippen LogP contribution in [0.15, 0.2) is 48.5 Å². The molecule has 0 unspecified atom stereocenters. The molecule has 0 aromatic heterocycles. The van der Waals surface area contributed by atoms with E-state index in [9.17, 15) is 4.79 Å². The molecule has 2 aromatic rings. The van der Waals surface area contributed by atoms with E-state index in [0.29, 0.717) is 6.61 Å². The first kappa shape index (κ1) is 18.1. The lowest BCUT2D eigenvalue weighted by Gasteiger charge is -2.38. The van der Waals surface area contributed by atoms with Crippen LogP contribution in [0.25, 0.3) is 0 Å². The zero-order chi connectivity index (χ0) is 18.6. The second-order valence-electron chi connectivity index (χ2n) is 7.00. The minimum absolute atomic E-state index is 0.0532. The summed E-state index contributed by atoms with van der Waals surface area (Å²) in [4.78, 5) is 16.5. The van der Waals surface area contributed by atoms with Crippen molar-refractivity contribution in [3.05, 3.63) is 59.1 Å². The third-order valence-corrected chi connectivity index (χ3v) is 5.68. The molecule has 0 aliphatic carbocycles. The van der Waals surface area contributed by atoms with E-state index in [2.05, 4.69) is 27.2 Å².